The third-order valence-corrected chi connectivity index (χ3v) is 7.52. The first-order valence-corrected chi connectivity index (χ1v) is 13.5. The fourth-order valence-electron chi connectivity index (χ4n) is 5.19. The second kappa shape index (κ2) is 12.9. The van der Waals surface area contributed by atoms with Gasteiger partial charge in [-0.2, -0.15) is 0 Å². The second-order valence-corrected chi connectivity index (χ2v) is 10.2. The summed E-state index contributed by atoms with van der Waals surface area (Å²) in [7, 11) is 0. The number of benzene rings is 3. The lowest BCUT2D eigenvalue weighted by molar-refractivity contribution is 0.0944. The summed E-state index contributed by atoms with van der Waals surface area (Å²) in [5.41, 5.74) is 3.86. The van der Waals surface area contributed by atoms with Gasteiger partial charge in [0.05, 0.1) is 0 Å². The molecule has 0 aliphatic carbocycles. The van der Waals surface area contributed by atoms with Crippen LogP contribution in [0.3, 0.4) is 0 Å². The molecule has 0 aromatic heterocycles. The topological polar surface area (TPSA) is 29.5 Å². The van der Waals surface area contributed by atoms with Gasteiger partial charge in [0.1, 0.15) is 12.4 Å². The van der Waals surface area contributed by atoms with Crippen LogP contribution in [0.5, 0.6) is 5.75 Å². The van der Waals surface area contributed by atoms with Gasteiger partial charge in [-0.05, 0) is 47.7 Å². The van der Waals surface area contributed by atoms with Crippen molar-refractivity contribution >= 4 is 5.78 Å². The fraction of sp³-hybridized carbons (Fsp3) is 0.424. The van der Waals surface area contributed by atoms with Crippen molar-refractivity contribution in [2.75, 3.05) is 26.2 Å². The third kappa shape index (κ3) is 6.25. The molecule has 0 aliphatic heterocycles. The fourth-order valence-corrected chi connectivity index (χ4v) is 5.19. The van der Waals surface area contributed by atoms with Crippen LogP contribution in [0.25, 0.3) is 0 Å². The van der Waals surface area contributed by atoms with E-state index in [2.05, 4.69) is 88.9 Å². The van der Waals surface area contributed by atoms with Gasteiger partial charge < -0.3 is 9.64 Å². The normalized spacial score (nSPS) is 13.2. The van der Waals surface area contributed by atoms with Gasteiger partial charge in [0.25, 0.3) is 0 Å². The maximum absolute atomic E-state index is 13.6. The van der Waals surface area contributed by atoms with E-state index in [4.69, 9.17) is 4.74 Å². The number of nitrogens with zero attached hydrogens (tertiary/aromatic N) is 1. The van der Waals surface area contributed by atoms with Crippen LogP contribution in [-0.4, -0.2) is 36.9 Å². The summed E-state index contributed by atoms with van der Waals surface area (Å²) in [5, 5.41) is 0. The van der Waals surface area contributed by atoms with Gasteiger partial charge in [-0.1, -0.05) is 114 Å². The molecule has 0 fully saturated rings. The Kier molecular flexibility index (Phi) is 9.89. The number of ketones is 1. The highest BCUT2D eigenvalue weighted by atomic mass is 16.5. The molecule has 0 heterocycles. The number of Topliss-reactive ketones (excluding diaryl/α,β-unsaturated/α-hetero) is 1. The van der Waals surface area contributed by atoms with E-state index in [-0.39, 0.29) is 11.7 Å². The molecule has 3 rings (SSSR count). The summed E-state index contributed by atoms with van der Waals surface area (Å²) >= 11 is 0. The lowest BCUT2D eigenvalue weighted by atomic mass is 9.63. The third-order valence-electron chi connectivity index (χ3n) is 7.52. The molecule has 0 amide bonds. The first kappa shape index (κ1) is 27.7. The molecule has 0 bridgehead atoms. The predicted molar refractivity (Wildman–Crippen MR) is 151 cm³/mol. The molecule has 0 saturated carbocycles. The van der Waals surface area contributed by atoms with Crippen molar-refractivity contribution in [2.45, 2.75) is 59.3 Å². The molecule has 0 spiro atoms. The molecule has 0 aliphatic rings. The molecule has 3 heteroatoms. The monoisotopic (exact) mass is 485 g/mol. The van der Waals surface area contributed by atoms with Gasteiger partial charge in [0, 0.05) is 23.9 Å². The zero-order valence-corrected chi connectivity index (χ0v) is 23.0. The summed E-state index contributed by atoms with van der Waals surface area (Å²) < 4.78 is 6.31. The van der Waals surface area contributed by atoms with Crippen molar-refractivity contribution in [3.05, 3.63) is 101 Å². The standard InChI is InChI=1S/C33H43NO2/c1-7-34(8-2)21-22-36-32-20-19-29(23-30(32)25(3)4)33(26(5)6,28-17-13-10-14-18-28)24-31(35)27-15-11-9-12-16-27/h9-20,23,25-26H,7-8,21-22,24H2,1-6H3. The number of hydrogen-bond acceptors (Lipinski definition) is 3. The Hall–Kier alpha value is -2.91. The number of hydrogen-bond donors (Lipinski definition) is 0. The van der Waals surface area contributed by atoms with E-state index in [0.29, 0.717) is 18.9 Å². The minimum absolute atomic E-state index is 0.166. The van der Waals surface area contributed by atoms with Crippen molar-refractivity contribution < 1.29 is 9.53 Å². The highest BCUT2D eigenvalue weighted by Crippen LogP contribution is 2.45. The van der Waals surface area contributed by atoms with Gasteiger partial charge in [-0.25, -0.2) is 0 Å². The van der Waals surface area contributed by atoms with Crippen LogP contribution >= 0.6 is 0 Å². The van der Waals surface area contributed by atoms with Crippen molar-refractivity contribution in [3.63, 3.8) is 0 Å². The molecule has 3 aromatic rings. The largest absolute Gasteiger partial charge is 0.492 e. The van der Waals surface area contributed by atoms with Crippen molar-refractivity contribution in [1.29, 1.82) is 0 Å². The van der Waals surface area contributed by atoms with Gasteiger partial charge in [-0.3, -0.25) is 4.79 Å². The highest BCUT2D eigenvalue weighted by Gasteiger charge is 2.40. The SMILES string of the molecule is CCN(CC)CCOc1ccc(C(CC(=O)c2ccccc2)(c2ccccc2)C(C)C)cc1C(C)C. The number of rotatable bonds is 13. The number of carbonyl (C=O) groups is 1. The smallest absolute Gasteiger partial charge is 0.164 e. The lowest BCUT2D eigenvalue weighted by Crippen LogP contribution is -2.36. The molecule has 1 atom stereocenters. The van der Waals surface area contributed by atoms with Crippen LogP contribution in [0, 0.1) is 5.92 Å². The molecule has 1 unspecified atom stereocenters. The van der Waals surface area contributed by atoms with Gasteiger partial charge in [0.2, 0.25) is 0 Å². The van der Waals surface area contributed by atoms with E-state index >= 15 is 0 Å². The van der Waals surface area contributed by atoms with Crippen LogP contribution in [0.1, 0.15) is 80.9 Å². The van der Waals surface area contributed by atoms with E-state index in [0.717, 1.165) is 30.9 Å². The summed E-state index contributed by atoms with van der Waals surface area (Å²) in [6.45, 7) is 16.9. The number of ether oxygens (including phenoxy) is 1. The van der Waals surface area contributed by atoms with Crippen molar-refractivity contribution in [1.82, 2.24) is 4.90 Å². The lowest BCUT2D eigenvalue weighted by Gasteiger charge is -2.39. The van der Waals surface area contributed by atoms with Gasteiger partial charge in [-0.15, -0.1) is 0 Å². The zero-order valence-electron chi connectivity index (χ0n) is 23.0. The Labute approximate surface area is 218 Å². The summed E-state index contributed by atoms with van der Waals surface area (Å²) in [4.78, 5) is 16.0. The molecular formula is C33H43NO2. The second-order valence-electron chi connectivity index (χ2n) is 10.2. The maximum Gasteiger partial charge on any atom is 0.164 e. The molecule has 3 nitrogen and oxygen atoms in total. The van der Waals surface area contributed by atoms with Crippen LogP contribution in [0.2, 0.25) is 0 Å². The molecule has 0 radical (unpaired) electrons. The highest BCUT2D eigenvalue weighted by molar-refractivity contribution is 5.97. The van der Waals surface area contributed by atoms with E-state index in [9.17, 15) is 4.79 Å². The minimum Gasteiger partial charge on any atom is -0.492 e. The van der Waals surface area contributed by atoms with Crippen LogP contribution < -0.4 is 4.74 Å². The average molecular weight is 486 g/mol. The van der Waals surface area contributed by atoms with Gasteiger partial charge >= 0.3 is 0 Å². The summed E-state index contributed by atoms with van der Waals surface area (Å²) in [6, 6.07) is 26.8. The van der Waals surface area contributed by atoms with E-state index in [1.807, 2.05) is 36.4 Å². The van der Waals surface area contributed by atoms with Crippen LogP contribution in [0.15, 0.2) is 78.9 Å². The number of likely N-dealkylation sites (N-methyl/N-ethyl adjacent to an activating group) is 1. The minimum atomic E-state index is -0.447. The Bertz CT molecular complexity index is 1090. The van der Waals surface area contributed by atoms with Crippen LogP contribution in [0.4, 0.5) is 0 Å². The first-order chi connectivity index (χ1) is 17.3. The van der Waals surface area contributed by atoms with Crippen molar-refractivity contribution in [3.8, 4) is 5.75 Å². The Morgan fingerprint density at radius 3 is 2.00 bits per heavy atom. The number of carbonyl (C=O) groups excluding carboxylic acids is 1. The van der Waals surface area contributed by atoms with Crippen LogP contribution in [-0.2, 0) is 5.41 Å². The molecule has 36 heavy (non-hydrogen) atoms. The van der Waals surface area contributed by atoms with E-state index in [1.54, 1.807) is 0 Å². The Balaban J connectivity index is 2.06. The molecular weight excluding hydrogens is 442 g/mol. The predicted octanol–water partition coefficient (Wildman–Crippen LogP) is 7.75. The average Bonchev–Trinajstić information content (AvgIpc) is 2.90. The Morgan fingerprint density at radius 1 is 0.833 bits per heavy atom. The first-order valence-electron chi connectivity index (χ1n) is 13.5. The zero-order chi connectivity index (χ0) is 26.1. The molecule has 0 N–H and O–H groups in total. The van der Waals surface area contributed by atoms with E-state index < -0.39 is 5.41 Å². The Morgan fingerprint density at radius 2 is 1.44 bits per heavy atom. The van der Waals surface area contributed by atoms with Gasteiger partial charge in [0.15, 0.2) is 5.78 Å². The molecule has 192 valence electrons. The van der Waals surface area contributed by atoms with E-state index in [1.165, 1.54) is 16.7 Å². The van der Waals surface area contributed by atoms with Crippen molar-refractivity contribution in [2.24, 2.45) is 5.92 Å². The maximum atomic E-state index is 13.6. The summed E-state index contributed by atoms with van der Waals surface area (Å²) in [5.74, 6) is 1.63. The summed E-state index contributed by atoms with van der Waals surface area (Å²) in [6.07, 6.45) is 0.415. The quantitative estimate of drug-likeness (QED) is 0.232. The molecule has 3 aromatic carbocycles. The molecule has 0 saturated heterocycles.